The second-order valence-electron chi connectivity index (χ2n) is 13.1. The zero-order chi connectivity index (χ0) is 35.2. The van der Waals surface area contributed by atoms with Crippen LogP contribution in [0.15, 0.2) is 41.3 Å². The number of aromatic nitrogens is 3. The molecule has 1 aliphatic carbocycles. The Morgan fingerprint density at radius 2 is 1.53 bits per heavy atom. The molecular weight excluding hydrogens is 620 g/mol. The van der Waals surface area contributed by atoms with Gasteiger partial charge in [-0.25, -0.2) is 4.79 Å². The van der Waals surface area contributed by atoms with Crippen LogP contribution in [0.3, 0.4) is 0 Å². The van der Waals surface area contributed by atoms with Gasteiger partial charge in [0, 0.05) is 74.3 Å². The van der Waals surface area contributed by atoms with Crippen molar-refractivity contribution in [1.82, 2.24) is 20.3 Å². The maximum atomic E-state index is 12.7. The van der Waals surface area contributed by atoms with Gasteiger partial charge in [0.05, 0.1) is 14.2 Å². The van der Waals surface area contributed by atoms with Crippen LogP contribution in [0.2, 0.25) is 0 Å². The lowest BCUT2D eigenvalue weighted by atomic mass is 9.72. The number of allylic oxidation sites excluding steroid dienone is 4. The first-order chi connectivity index (χ1) is 23.4. The summed E-state index contributed by atoms with van der Waals surface area (Å²) >= 11 is 0. The Hall–Kier alpha value is -5.51. The van der Waals surface area contributed by atoms with E-state index >= 15 is 0 Å². The molecule has 1 atom stereocenters. The van der Waals surface area contributed by atoms with Crippen molar-refractivity contribution in [1.29, 1.82) is 0 Å². The average molecular weight is 663 g/mol. The van der Waals surface area contributed by atoms with Crippen molar-refractivity contribution < 1.29 is 29.0 Å². The van der Waals surface area contributed by atoms with Gasteiger partial charge in [-0.3, -0.25) is 9.59 Å². The van der Waals surface area contributed by atoms with Gasteiger partial charge in [-0.05, 0) is 105 Å². The minimum Gasteiger partial charge on any atom is -0.481 e. The number of aliphatic carboxylic acids is 1. The molecular formula is C39H42N4O6. The van der Waals surface area contributed by atoms with Crippen LogP contribution in [0.1, 0.15) is 82.3 Å². The molecule has 1 fully saturated rings. The monoisotopic (exact) mass is 662 g/mol. The van der Waals surface area contributed by atoms with Crippen LogP contribution in [0.4, 0.5) is 0 Å². The molecule has 5 N–H and O–H groups in total. The lowest BCUT2D eigenvalue weighted by Gasteiger charge is -2.29. The van der Waals surface area contributed by atoms with E-state index in [-0.39, 0.29) is 24.8 Å². The number of carboxylic acids is 1. The van der Waals surface area contributed by atoms with Crippen LogP contribution < -0.4 is 16.0 Å². The molecule has 0 spiro atoms. The number of fused-ring (bicyclic) bond motifs is 11. The fourth-order valence-corrected chi connectivity index (χ4v) is 7.31. The highest BCUT2D eigenvalue weighted by atomic mass is 16.5. The Bertz CT molecular complexity index is 2180. The van der Waals surface area contributed by atoms with E-state index in [1.54, 1.807) is 0 Å². The maximum Gasteiger partial charge on any atom is 0.333 e. The molecule has 10 nitrogen and oxygen atoms in total. The number of carbonyl (C=O) groups excluding carboxylic acids is 2. The Labute approximate surface area is 284 Å². The van der Waals surface area contributed by atoms with Crippen molar-refractivity contribution in [3.05, 3.63) is 108 Å². The number of methoxy groups -OCH3 is 2. The quantitative estimate of drug-likeness (QED) is 0.219. The van der Waals surface area contributed by atoms with Crippen molar-refractivity contribution in [2.24, 2.45) is 5.41 Å². The van der Waals surface area contributed by atoms with Gasteiger partial charge >= 0.3 is 17.9 Å². The van der Waals surface area contributed by atoms with E-state index < -0.39 is 11.4 Å². The average Bonchev–Trinajstić information content (AvgIpc) is 3.73. The predicted octanol–water partition coefficient (Wildman–Crippen LogP) is 4.75. The minimum atomic E-state index is -0.881. The molecule has 8 bridgehead atoms. The second-order valence-corrected chi connectivity index (χ2v) is 13.1. The van der Waals surface area contributed by atoms with Crippen LogP contribution >= 0.6 is 0 Å². The van der Waals surface area contributed by atoms with Gasteiger partial charge in [0.1, 0.15) is 0 Å². The summed E-state index contributed by atoms with van der Waals surface area (Å²) in [7, 11) is 2.77. The van der Waals surface area contributed by atoms with Crippen molar-refractivity contribution in [3.63, 3.8) is 0 Å². The largest absolute Gasteiger partial charge is 0.481 e. The molecule has 1 unspecified atom stereocenters. The normalized spacial score (nSPS) is 17.7. The fraction of sp³-hybridized carbons (Fsp3) is 0.308. The lowest BCUT2D eigenvalue weighted by molar-refractivity contribution is -0.140. The number of esters is 2. The fourth-order valence-electron chi connectivity index (χ4n) is 7.31. The molecule has 3 aromatic rings. The van der Waals surface area contributed by atoms with Crippen molar-refractivity contribution in [3.8, 4) is 0 Å². The molecule has 0 radical (unpaired) electrons. The van der Waals surface area contributed by atoms with E-state index in [4.69, 9.17) is 9.47 Å². The van der Waals surface area contributed by atoms with Gasteiger partial charge in [0.15, 0.2) is 0 Å². The van der Waals surface area contributed by atoms with Gasteiger partial charge in [-0.1, -0.05) is 24.8 Å². The third kappa shape index (κ3) is 5.92. The number of hydrogen-bond donors (Lipinski definition) is 5. The molecule has 10 heteroatoms. The summed E-state index contributed by atoms with van der Waals surface area (Å²) in [4.78, 5) is 47.5. The first-order valence-corrected chi connectivity index (χ1v) is 16.3. The molecule has 0 saturated carbocycles. The zero-order valence-corrected chi connectivity index (χ0v) is 28.8. The van der Waals surface area contributed by atoms with Gasteiger partial charge < -0.3 is 34.8 Å². The number of aromatic amines is 3. The highest BCUT2D eigenvalue weighted by molar-refractivity contribution is 5.90. The van der Waals surface area contributed by atoms with Crippen molar-refractivity contribution >= 4 is 48.3 Å². The van der Waals surface area contributed by atoms with Crippen LogP contribution in [-0.4, -0.2) is 52.2 Å². The highest BCUT2D eigenvalue weighted by Crippen LogP contribution is 2.51. The van der Waals surface area contributed by atoms with Crippen molar-refractivity contribution in [2.75, 3.05) is 14.2 Å². The summed E-state index contributed by atoms with van der Waals surface area (Å²) in [5.74, 6) is -1.55. The molecule has 2 aliphatic heterocycles. The smallest absolute Gasteiger partial charge is 0.333 e. The van der Waals surface area contributed by atoms with E-state index in [9.17, 15) is 19.5 Å². The molecule has 49 heavy (non-hydrogen) atoms. The van der Waals surface area contributed by atoms with E-state index in [0.717, 1.165) is 83.8 Å². The van der Waals surface area contributed by atoms with Crippen LogP contribution in [0.25, 0.3) is 30.4 Å². The molecule has 6 rings (SSSR count). The van der Waals surface area contributed by atoms with E-state index in [0.29, 0.717) is 24.8 Å². The number of ether oxygens (including phenoxy) is 2. The number of carbonyl (C=O) groups is 3. The molecule has 3 aromatic heterocycles. The number of rotatable bonds is 8. The molecule has 5 heterocycles. The summed E-state index contributed by atoms with van der Waals surface area (Å²) in [5, 5.41) is 15.0. The third-order valence-electron chi connectivity index (χ3n) is 10.2. The van der Waals surface area contributed by atoms with E-state index in [1.165, 1.54) is 14.2 Å². The predicted molar refractivity (Wildman–Crippen MR) is 189 cm³/mol. The maximum absolute atomic E-state index is 12.7. The minimum absolute atomic E-state index is 0.0326. The number of hydrogen-bond acceptors (Lipinski definition) is 6. The summed E-state index contributed by atoms with van der Waals surface area (Å²) in [5.41, 5.74) is 12.0. The molecule has 1 saturated heterocycles. The summed E-state index contributed by atoms with van der Waals surface area (Å²) < 4.78 is 10.1. The lowest BCUT2D eigenvalue weighted by Crippen LogP contribution is -2.24. The van der Waals surface area contributed by atoms with Gasteiger partial charge in [-0.2, -0.15) is 0 Å². The Kier molecular flexibility index (Phi) is 8.75. The SMILES string of the molecule is C=Cc1c2[nH]c(c1C)C=C1NC(=Cc3[nH]c(c(CCC(=O)O)c3C)C=c3[nH]c(c(C)c3CCC(=O)OC)=C2)C2(C)CC(C(=O)OC)=CC=C12. The van der Waals surface area contributed by atoms with E-state index in [2.05, 4.69) is 58.9 Å². The standard InChI is InChI=1S/C39H42N4O6/c1-8-24-20(2)29-16-34-27-12-9-23(38(47)49-7)19-39(27,5)35(43-34)18-30-22(4)25(10-13-36(44)45)32(42-30)17-33-26(11-14-37(46)48-6)21(3)28(41-33)15-31(24)40-29/h8-9,12,15-18,40-43H,1,10-11,13-14,19H2,2-7H3,(H,44,45). The van der Waals surface area contributed by atoms with Gasteiger partial charge in [0.2, 0.25) is 0 Å². The molecule has 0 aromatic carbocycles. The first kappa shape index (κ1) is 33.4. The van der Waals surface area contributed by atoms with E-state index in [1.807, 2.05) is 38.2 Å². The Balaban J connectivity index is 1.67. The van der Waals surface area contributed by atoms with Crippen LogP contribution in [0.5, 0.6) is 0 Å². The summed E-state index contributed by atoms with van der Waals surface area (Å²) in [6.07, 6.45) is 15.3. The first-order valence-electron chi connectivity index (χ1n) is 16.3. The highest BCUT2D eigenvalue weighted by Gasteiger charge is 2.44. The van der Waals surface area contributed by atoms with Gasteiger partial charge in [-0.15, -0.1) is 0 Å². The Morgan fingerprint density at radius 1 is 0.837 bits per heavy atom. The Morgan fingerprint density at radius 3 is 2.22 bits per heavy atom. The number of H-pyrrole nitrogens is 3. The summed E-state index contributed by atoms with van der Waals surface area (Å²) in [6.45, 7) is 12.3. The molecule has 3 aliphatic rings. The second kappa shape index (κ2) is 12.8. The van der Waals surface area contributed by atoms with Gasteiger partial charge in [0.25, 0.3) is 0 Å². The summed E-state index contributed by atoms with van der Waals surface area (Å²) in [6, 6.07) is 0. The van der Waals surface area contributed by atoms with Crippen LogP contribution in [0, 0.1) is 26.2 Å². The number of carboxylic acid groups (broad SMARTS) is 1. The van der Waals surface area contributed by atoms with Crippen LogP contribution in [-0.2, 0) is 36.7 Å². The molecule has 0 amide bonds. The van der Waals surface area contributed by atoms with Crippen molar-refractivity contribution in [2.45, 2.75) is 59.8 Å². The topological polar surface area (TPSA) is 149 Å². The number of nitrogens with one attached hydrogen (secondary N) is 4. The molecule has 254 valence electrons. The zero-order valence-electron chi connectivity index (χ0n) is 28.8. The third-order valence-corrected chi connectivity index (χ3v) is 10.2.